The molecule has 0 bridgehead atoms. The van der Waals surface area contributed by atoms with Crippen molar-refractivity contribution in [2.75, 3.05) is 0 Å². The highest BCUT2D eigenvalue weighted by atomic mass is 32.3. The zero-order valence-electron chi connectivity index (χ0n) is 9.39. The van der Waals surface area contributed by atoms with Crippen molar-refractivity contribution in [1.29, 1.82) is 0 Å². The summed E-state index contributed by atoms with van der Waals surface area (Å²) in [6.45, 7) is 1.86. The maximum Gasteiger partial charge on any atom is 0.336 e. The maximum absolute atomic E-state index is 13.4. The molecule has 0 aliphatic rings. The highest BCUT2D eigenvalue weighted by Crippen LogP contribution is 2.22. The SMILES string of the molecule is Cc1cccc(-c2ccc(S(=O)(=O)F)c(F)n2)c1. The summed E-state index contributed by atoms with van der Waals surface area (Å²) in [5, 5.41) is 0. The van der Waals surface area contributed by atoms with E-state index in [-0.39, 0.29) is 5.69 Å². The van der Waals surface area contributed by atoms with E-state index in [0.29, 0.717) is 5.56 Å². The molecular formula is C12H9F2NO2S. The van der Waals surface area contributed by atoms with Gasteiger partial charge < -0.3 is 0 Å². The van der Waals surface area contributed by atoms with Gasteiger partial charge in [-0.05, 0) is 25.1 Å². The molecule has 2 rings (SSSR count). The third-order valence-corrected chi connectivity index (χ3v) is 3.22. The minimum Gasteiger partial charge on any atom is -0.218 e. The first-order valence-corrected chi connectivity index (χ1v) is 6.44. The number of benzene rings is 1. The van der Waals surface area contributed by atoms with Crippen molar-refractivity contribution in [1.82, 2.24) is 4.98 Å². The summed E-state index contributed by atoms with van der Waals surface area (Å²) in [7, 11) is -5.08. The fourth-order valence-electron chi connectivity index (χ4n) is 1.57. The number of pyridine rings is 1. The Kier molecular flexibility index (Phi) is 3.13. The van der Waals surface area contributed by atoms with E-state index in [4.69, 9.17) is 0 Å². The molecule has 0 amide bonds. The molecule has 1 aromatic heterocycles. The summed E-state index contributed by atoms with van der Waals surface area (Å²) in [4.78, 5) is 2.42. The minimum absolute atomic E-state index is 0.253. The Morgan fingerprint density at radius 3 is 2.44 bits per heavy atom. The first kappa shape index (κ1) is 12.6. The van der Waals surface area contributed by atoms with Crippen molar-refractivity contribution in [3.05, 3.63) is 47.9 Å². The number of nitrogens with zero attached hydrogens (tertiary/aromatic N) is 1. The number of aryl methyl sites for hydroxylation is 1. The first-order valence-electron chi connectivity index (χ1n) is 5.06. The largest absolute Gasteiger partial charge is 0.336 e. The summed E-state index contributed by atoms with van der Waals surface area (Å²) in [6.07, 6.45) is 0. The van der Waals surface area contributed by atoms with Gasteiger partial charge in [0.2, 0.25) is 5.95 Å². The molecule has 18 heavy (non-hydrogen) atoms. The van der Waals surface area contributed by atoms with Crippen molar-refractivity contribution < 1.29 is 16.7 Å². The number of aromatic nitrogens is 1. The molecule has 1 aromatic carbocycles. The van der Waals surface area contributed by atoms with Gasteiger partial charge in [-0.25, -0.2) is 4.98 Å². The van der Waals surface area contributed by atoms with Crippen molar-refractivity contribution in [2.24, 2.45) is 0 Å². The van der Waals surface area contributed by atoms with E-state index < -0.39 is 21.1 Å². The van der Waals surface area contributed by atoms with Gasteiger partial charge in [-0.3, -0.25) is 0 Å². The van der Waals surface area contributed by atoms with E-state index in [1.54, 1.807) is 18.2 Å². The van der Waals surface area contributed by atoms with Crippen molar-refractivity contribution >= 4 is 10.2 Å². The van der Waals surface area contributed by atoms with Crippen LogP contribution in [0.15, 0.2) is 41.3 Å². The predicted octanol–water partition coefficient (Wildman–Crippen LogP) is 2.85. The number of rotatable bonds is 2. The lowest BCUT2D eigenvalue weighted by Gasteiger charge is -2.03. The third kappa shape index (κ3) is 2.53. The van der Waals surface area contributed by atoms with Gasteiger partial charge in [0.1, 0.15) is 0 Å². The van der Waals surface area contributed by atoms with Gasteiger partial charge in [0.25, 0.3) is 0 Å². The van der Waals surface area contributed by atoms with Gasteiger partial charge in [0.05, 0.1) is 5.69 Å². The van der Waals surface area contributed by atoms with E-state index in [9.17, 15) is 16.7 Å². The second kappa shape index (κ2) is 4.45. The lowest BCUT2D eigenvalue weighted by molar-refractivity contribution is 0.518. The van der Waals surface area contributed by atoms with Gasteiger partial charge >= 0.3 is 10.2 Å². The zero-order chi connectivity index (χ0) is 13.3. The van der Waals surface area contributed by atoms with Crippen LogP contribution in [-0.2, 0) is 10.2 Å². The average Bonchev–Trinajstić information content (AvgIpc) is 2.27. The van der Waals surface area contributed by atoms with Crippen LogP contribution in [-0.4, -0.2) is 13.4 Å². The molecule has 0 aliphatic heterocycles. The normalized spacial score (nSPS) is 11.5. The second-order valence-electron chi connectivity index (χ2n) is 3.79. The molecule has 1 heterocycles. The summed E-state index contributed by atoms with van der Waals surface area (Å²) in [6, 6.07) is 9.24. The number of hydrogen-bond donors (Lipinski definition) is 0. The summed E-state index contributed by atoms with van der Waals surface area (Å²) in [5.74, 6) is -1.34. The number of hydrogen-bond acceptors (Lipinski definition) is 3. The first-order chi connectivity index (χ1) is 8.38. The van der Waals surface area contributed by atoms with Crippen LogP contribution >= 0.6 is 0 Å². The van der Waals surface area contributed by atoms with E-state index in [1.807, 2.05) is 13.0 Å². The summed E-state index contributed by atoms with van der Waals surface area (Å²) in [5.41, 5.74) is 1.84. The molecule has 0 spiro atoms. The Morgan fingerprint density at radius 2 is 1.89 bits per heavy atom. The average molecular weight is 269 g/mol. The molecule has 0 aliphatic carbocycles. The van der Waals surface area contributed by atoms with Crippen LogP contribution in [0.3, 0.4) is 0 Å². The molecular weight excluding hydrogens is 260 g/mol. The van der Waals surface area contributed by atoms with E-state index in [2.05, 4.69) is 4.98 Å². The van der Waals surface area contributed by atoms with Crippen molar-refractivity contribution in [2.45, 2.75) is 11.8 Å². The molecule has 0 atom stereocenters. The highest BCUT2D eigenvalue weighted by molar-refractivity contribution is 7.86. The van der Waals surface area contributed by atoms with Gasteiger partial charge in [-0.1, -0.05) is 23.8 Å². The Labute approximate surface area is 103 Å². The van der Waals surface area contributed by atoms with Gasteiger partial charge in [-0.15, -0.1) is 3.89 Å². The molecule has 6 heteroatoms. The molecule has 2 aromatic rings. The van der Waals surface area contributed by atoms with E-state index in [0.717, 1.165) is 11.6 Å². The van der Waals surface area contributed by atoms with Crippen LogP contribution in [0.2, 0.25) is 0 Å². The second-order valence-corrected chi connectivity index (χ2v) is 5.11. The van der Waals surface area contributed by atoms with Crippen LogP contribution < -0.4 is 0 Å². The Bertz CT molecular complexity index is 699. The Hall–Kier alpha value is -1.82. The van der Waals surface area contributed by atoms with Crippen LogP contribution in [0.4, 0.5) is 8.28 Å². The third-order valence-electron chi connectivity index (χ3n) is 2.39. The number of halogens is 2. The van der Waals surface area contributed by atoms with Gasteiger partial charge in [0.15, 0.2) is 4.90 Å². The van der Waals surface area contributed by atoms with Crippen LogP contribution in [0, 0.1) is 12.9 Å². The van der Waals surface area contributed by atoms with Crippen molar-refractivity contribution in [3.8, 4) is 11.3 Å². The summed E-state index contributed by atoms with van der Waals surface area (Å²) >= 11 is 0. The predicted molar refractivity (Wildman–Crippen MR) is 62.7 cm³/mol. The maximum atomic E-state index is 13.4. The smallest absolute Gasteiger partial charge is 0.218 e. The monoisotopic (exact) mass is 269 g/mol. The Balaban J connectivity index is 2.53. The topological polar surface area (TPSA) is 47.0 Å². The molecule has 3 nitrogen and oxygen atoms in total. The summed E-state index contributed by atoms with van der Waals surface area (Å²) < 4.78 is 47.3. The molecule has 0 radical (unpaired) electrons. The molecule has 0 N–H and O–H groups in total. The van der Waals surface area contributed by atoms with Gasteiger partial charge in [0, 0.05) is 5.56 Å². The molecule has 0 saturated heterocycles. The molecule has 0 saturated carbocycles. The molecule has 0 unspecified atom stereocenters. The van der Waals surface area contributed by atoms with E-state index in [1.165, 1.54) is 6.07 Å². The van der Waals surface area contributed by atoms with Gasteiger partial charge in [-0.2, -0.15) is 12.8 Å². The van der Waals surface area contributed by atoms with Crippen molar-refractivity contribution in [3.63, 3.8) is 0 Å². The molecule has 94 valence electrons. The quantitative estimate of drug-likeness (QED) is 0.622. The van der Waals surface area contributed by atoms with Crippen LogP contribution in [0.25, 0.3) is 11.3 Å². The van der Waals surface area contributed by atoms with E-state index >= 15 is 0 Å². The van der Waals surface area contributed by atoms with Crippen LogP contribution in [0.1, 0.15) is 5.56 Å². The molecule has 0 fully saturated rings. The highest BCUT2D eigenvalue weighted by Gasteiger charge is 2.19. The lowest BCUT2D eigenvalue weighted by Crippen LogP contribution is -2.00. The minimum atomic E-state index is -5.08. The fourth-order valence-corrected chi connectivity index (χ4v) is 2.05. The fraction of sp³-hybridized carbons (Fsp3) is 0.0833. The lowest BCUT2D eigenvalue weighted by atomic mass is 10.1. The van der Waals surface area contributed by atoms with Crippen LogP contribution in [0.5, 0.6) is 0 Å². The standard InChI is InChI=1S/C12H9F2NO2S/c1-8-3-2-4-9(7-8)10-5-6-11(12(13)15-10)18(14,16)17/h2-7H,1H3. The zero-order valence-corrected chi connectivity index (χ0v) is 10.2. The Morgan fingerprint density at radius 1 is 1.17 bits per heavy atom.